The lowest BCUT2D eigenvalue weighted by Gasteiger charge is -2.19. The summed E-state index contributed by atoms with van der Waals surface area (Å²) in [7, 11) is 0. The Kier molecular flexibility index (Phi) is 6.61. The molecule has 8 aromatic carbocycles. The molecule has 0 amide bonds. The average Bonchev–Trinajstić information content (AvgIpc) is 3.89. The summed E-state index contributed by atoms with van der Waals surface area (Å²) in [5.74, 6) is 0. The van der Waals surface area contributed by atoms with Crippen molar-refractivity contribution in [1.29, 1.82) is 10.5 Å². The van der Waals surface area contributed by atoms with Crippen molar-refractivity contribution in [2.45, 2.75) is 0 Å². The van der Waals surface area contributed by atoms with Gasteiger partial charge in [0.1, 0.15) is 6.07 Å². The number of nitrogens with zero attached hydrogens (tertiary/aromatic N) is 5. The minimum absolute atomic E-state index is 0.572. The molecule has 0 saturated carbocycles. The Balaban J connectivity index is 1.20. The number of aromatic nitrogens is 3. The molecule has 5 nitrogen and oxygen atoms in total. The number of rotatable bonds is 4. The van der Waals surface area contributed by atoms with E-state index in [1.54, 1.807) is 0 Å². The van der Waals surface area contributed by atoms with E-state index in [1.807, 2.05) is 48.5 Å². The number of fused-ring (bicyclic) bond motifs is 9. The predicted octanol–water partition coefficient (Wildman–Crippen LogP) is 12.4. The number of nitriles is 2. The molecule has 0 unspecified atom stereocenters. The molecule has 55 heavy (non-hydrogen) atoms. The maximum Gasteiger partial charge on any atom is 0.101 e. The van der Waals surface area contributed by atoms with Gasteiger partial charge in [0.2, 0.25) is 0 Å². The maximum atomic E-state index is 10.3. The first-order valence-corrected chi connectivity index (χ1v) is 18.3. The zero-order valence-electron chi connectivity index (χ0n) is 29.5. The second-order valence-electron chi connectivity index (χ2n) is 14.0. The van der Waals surface area contributed by atoms with Crippen LogP contribution in [0, 0.1) is 22.7 Å². The van der Waals surface area contributed by atoms with Crippen molar-refractivity contribution >= 4 is 65.4 Å². The summed E-state index contributed by atoms with van der Waals surface area (Å²) >= 11 is 0. The Morgan fingerprint density at radius 1 is 0.345 bits per heavy atom. The van der Waals surface area contributed by atoms with Gasteiger partial charge in [-0.3, -0.25) is 0 Å². The van der Waals surface area contributed by atoms with Gasteiger partial charge in [0.25, 0.3) is 0 Å². The van der Waals surface area contributed by atoms with Gasteiger partial charge >= 0.3 is 0 Å². The highest BCUT2D eigenvalue weighted by atomic mass is 15.0. The van der Waals surface area contributed by atoms with Gasteiger partial charge in [-0.15, -0.1) is 0 Å². The van der Waals surface area contributed by atoms with E-state index in [1.165, 1.54) is 21.8 Å². The van der Waals surface area contributed by atoms with Crippen molar-refractivity contribution in [2.75, 3.05) is 0 Å². The molecule has 0 saturated heterocycles. The molecule has 0 aliphatic carbocycles. The third-order valence-electron chi connectivity index (χ3n) is 11.1. The van der Waals surface area contributed by atoms with Crippen molar-refractivity contribution in [3.05, 3.63) is 187 Å². The topological polar surface area (TPSA) is 62.4 Å². The zero-order chi connectivity index (χ0) is 36.6. The second-order valence-corrected chi connectivity index (χ2v) is 14.0. The molecule has 3 aromatic heterocycles. The molecule has 0 aliphatic heterocycles. The maximum absolute atomic E-state index is 10.3. The monoisotopic (exact) mass is 699 g/mol. The molecule has 11 aromatic rings. The number of para-hydroxylation sites is 6. The minimum Gasteiger partial charge on any atom is -0.309 e. The summed E-state index contributed by atoms with van der Waals surface area (Å²) in [6.45, 7) is 0. The lowest BCUT2D eigenvalue weighted by Crippen LogP contribution is -2.02. The quantitative estimate of drug-likeness (QED) is 0.184. The van der Waals surface area contributed by atoms with Crippen molar-refractivity contribution < 1.29 is 0 Å². The summed E-state index contributed by atoms with van der Waals surface area (Å²) in [6, 6.07) is 65.9. The summed E-state index contributed by atoms with van der Waals surface area (Å²) in [5.41, 5.74) is 12.4. The molecular formula is C50H29N5. The molecule has 11 rings (SSSR count). The third-order valence-corrected chi connectivity index (χ3v) is 11.1. The van der Waals surface area contributed by atoms with Crippen LogP contribution in [-0.4, -0.2) is 13.7 Å². The predicted molar refractivity (Wildman–Crippen MR) is 224 cm³/mol. The summed E-state index contributed by atoms with van der Waals surface area (Å²) in [4.78, 5) is 0. The van der Waals surface area contributed by atoms with Crippen LogP contribution in [0.15, 0.2) is 176 Å². The molecule has 0 bridgehead atoms. The van der Waals surface area contributed by atoms with E-state index >= 15 is 0 Å². The summed E-state index contributed by atoms with van der Waals surface area (Å²) in [5, 5.41) is 27.4. The fourth-order valence-electron chi connectivity index (χ4n) is 8.83. The molecule has 0 fully saturated rings. The zero-order valence-corrected chi connectivity index (χ0v) is 29.5. The van der Waals surface area contributed by atoms with Crippen LogP contribution in [0.2, 0.25) is 0 Å². The van der Waals surface area contributed by atoms with Crippen molar-refractivity contribution in [2.24, 2.45) is 0 Å². The molecule has 3 heterocycles. The largest absolute Gasteiger partial charge is 0.309 e. The lowest BCUT2D eigenvalue weighted by molar-refractivity contribution is 1.15. The first-order chi connectivity index (χ1) is 27.2. The SMILES string of the molecule is N#Cc1ccc(-n2c3ccccc3c3cc(-n4c5ccccc5c5ccccc54)ccc32)c(-c2ccccc2-n2c3ccccc3c3cccc(C#N)c32)c1. The molecule has 0 radical (unpaired) electrons. The van der Waals surface area contributed by atoms with Crippen LogP contribution < -0.4 is 0 Å². The fourth-order valence-corrected chi connectivity index (χ4v) is 8.83. The highest BCUT2D eigenvalue weighted by molar-refractivity contribution is 6.14. The molecule has 0 atom stereocenters. The standard InChI is InChI=1S/C50H29N5/c51-30-32-24-26-48(41(28-32)38-16-5-10-23-47(38)55-46-22-9-3-15-37(46)40-18-11-12-33(31-52)50(40)55)54-45-21-8-4-17-39(45)42-29-34(25-27-49(42)54)53-43-19-6-1-13-35(43)36-14-2-7-20-44(36)53/h1-29H. The normalized spacial score (nSPS) is 11.6. The van der Waals surface area contributed by atoms with Crippen LogP contribution in [0.1, 0.15) is 11.1 Å². The van der Waals surface area contributed by atoms with Gasteiger partial charge in [-0.05, 0) is 72.8 Å². The Morgan fingerprint density at radius 3 is 1.55 bits per heavy atom. The van der Waals surface area contributed by atoms with Crippen LogP contribution in [0.5, 0.6) is 0 Å². The Labute approximate surface area is 316 Å². The molecule has 254 valence electrons. The van der Waals surface area contributed by atoms with Crippen LogP contribution in [0.25, 0.3) is 93.6 Å². The van der Waals surface area contributed by atoms with Gasteiger partial charge in [-0.2, -0.15) is 10.5 Å². The lowest BCUT2D eigenvalue weighted by atomic mass is 9.98. The molecule has 0 aliphatic rings. The van der Waals surface area contributed by atoms with E-state index in [0.717, 1.165) is 71.8 Å². The van der Waals surface area contributed by atoms with Gasteiger partial charge in [-0.1, -0.05) is 103 Å². The summed E-state index contributed by atoms with van der Waals surface area (Å²) in [6.07, 6.45) is 0. The number of hydrogen-bond donors (Lipinski definition) is 0. The molecule has 0 N–H and O–H groups in total. The Hall–Kier alpha value is -7.86. The van der Waals surface area contributed by atoms with E-state index in [9.17, 15) is 10.5 Å². The van der Waals surface area contributed by atoms with Gasteiger partial charge in [-0.25, -0.2) is 0 Å². The van der Waals surface area contributed by atoms with Gasteiger partial charge in [0.15, 0.2) is 0 Å². The van der Waals surface area contributed by atoms with Crippen molar-refractivity contribution in [3.8, 4) is 40.3 Å². The van der Waals surface area contributed by atoms with E-state index in [4.69, 9.17) is 0 Å². The molecule has 5 heteroatoms. The van der Waals surface area contributed by atoms with Gasteiger partial charge in [0, 0.05) is 49.1 Å². The summed E-state index contributed by atoms with van der Waals surface area (Å²) < 4.78 is 6.91. The smallest absolute Gasteiger partial charge is 0.101 e. The van der Waals surface area contributed by atoms with Gasteiger partial charge < -0.3 is 13.7 Å². The number of benzene rings is 8. The second kappa shape index (κ2) is 11.8. The first-order valence-electron chi connectivity index (χ1n) is 18.3. The van der Waals surface area contributed by atoms with Crippen LogP contribution in [0.4, 0.5) is 0 Å². The van der Waals surface area contributed by atoms with Crippen LogP contribution >= 0.6 is 0 Å². The Bertz CT molecular complexity index is 3420. The third kappa shape index (κ3) is 4.39. The minimum atomic E-state index is 0.572. The van der Waals surface area contributed by atoms with E-state index in [0.29, 0.717) is 11.1 Å². The van der Waals surface area contributed by atoms with Crippen molar-refractivity contribution in [1.82, 2.24) is 13.7 Å². The first kappa shape index (κ1) is 30.7. The van der Waals surface area contributed by atoms with Crippen molar-refractivity contribution in [3.63, 3.8) is 0 Å². The highest BCUT2D eigenvalue weighted by Crippen LogP contribution is 2.42. The average molecular weight is 700 g/mol. The van der Waals surface area contributed by atoms with Crippen LogP contribution in [-0.2, 0) is 0 Å². The van der Waals surface area contributed by atoms with E-state index in [-0.39, 0.29) is 0 Å². The number of hydrogen-bond acceptors (Lipinski definition) is 2. The van der Waals surface area contributed by atoms with Crippen LogP contribution in [0.3, 0.4) is 0 Å². The Morgan fingerprint density at radius 2 is 0.873 bits per heavy atom. The highest BCUT2D eigenvalue weighted by Gasteiger charge is 2.22. The van der Waals surface area contributed by atoms with E-state index in [2.05, 4.69) is 153 Å². The molecule has 0 spiro atoms. The van der Waals surface area contributed by atoms with Gasteiger partial charge in [0.05, 0.1) is 61.7 Å². The molecular weight excluding hydrogens is 671 g/mol. The van der Waals surface area contributed by atoms with E-state index < -0.39 is 0 Å². The fraction of sp³-hybridized carbons (Fsp3) is 0.